The number of aromatic nitrogens is 2. The van der Waals surface area contributed by atoms with E-state index in [1.165, 1.54) is 24.8 Å². The van der Waals surface area contributed by atoms with Crippen molar-refractivity contribution in [1.29, 1.82) is 5.26 Å². The average Bonchev–Trinajstić information content (AvgIpc) is 2.45. The number of nitrogens with one attached hydrogen (secondary N) is 1. The number of carbonyl (C=O) groups excluding carboxylic acids is 1. The minimum Gasteiger partial charge on any atom is -0.301 e. The standard InChI is InChI=1S/C15H12ClN3O2S/c1-9(20)4-12-6-14(21)19-15(18-12)22-8-11-5-10(7-17)2-3-13(11)16/h2-3,5-6H,4,8H2,1H3,(H,18,19,21). The summed E-state index contributed by atoms with van der Waals surface area (Å²) < 4.78 is 0. The van der Waals surface area contributed by atoms with Gasteiger partial charge in [-0.2, -0.15) is 5.26 Å². The van der Waals surface area contributed by atoms with Crippen LogP contribution in [0.5, 0.6) is 0 Å². The van der Waals surface area contributed by atoms with E-state index in [4.69, 9.17) is 16.9 Å². The Morgan fingerprint density at radius 1 is 1.45 bits per heavy atom. The average molecular weight is 334 g/mol. The maximum atomic E-state index is 11.6. The number of carbonyl (C=O) groups is 1. The van der Waals surface area contributed by atoms with Crippen LogP contribution in [0.25, 0.3) is 0 Å². The van der Waals surface area contributed by atoms with Crippen LogP contribution in [0, 0.1) is 11.3 Å². The Morgan fingerprint density at radius 3 is 2.91 bits per heavy atom. The number of nitrogens with zero attached hydrogens (tertiary/aromatic N) is 2. The molecule has 0 fully saturated rings. The lowest BCUT2D eigenvalue weighted by Gasteiger charge is -2.05. The van der Waals surface area contributed by atoms with E-state index in [-0.39, 0.29) is 17.8 Å². The van der Waals surface area contributed by atoms with E-state index in [2.05, 4.69) is 16.0 Å². The summed E-state index contributed by atoms with van der Waals surface area (Å²) in [5, 5.41) is 9.87. The smallest absolute Gasteiger partial charge is 0.251 e. The molecule has 5 nitrogen and oxygen atoms in total. The Morgan fingerprint density at radius 2 is 2.23 bits per heavy atom. The molecular weight excluding hydrogens is 322 g/mol. The number of benzene rings is 1. The van der Waals surface area contributed by atoms with Crippen LogP contribution in [-0.4, -0.2) is 15.8 Å². The summed E-state index contributed by atoms with van der Waals surface area (Å²) in [6.07, 6.45) is 0.127. The highest BCUT2D eigenvalue weighted by molar-refractivity contribution is 7.98. The molecule has 0 saturated carbocycles. The second-order valence-electron chi connectivity index (χ2n) is 4.63. The third-order valence-corrected chi connectivity index (χ3v) is 4.03. The topological polar surface area (TPSA) is 86.6 Å². The van der Waals surface area contributed by atoms with Gasteiger partial charge in [0.25, 0.3) is 5.56 Å². The predicted molar refractivity (Wildman–Crippen MR) is 85.0 cm³/mol. The largest absolute Gasteiger partial charge is 0.301 e. The highest BCUT2D eigenvalue weighted by Crippen LogP contribution is 2.25. The third kappa shape index (κ3) is 4.45. The molecule has 0 radical (unpaired) electrons. The minimum atomic E-state index is -0.300. The molecule has 112 valence electrons. The number of H-pyrrole nitrogens is 1. The summed E-state index contributed by atoms with van der Waals surface area (Å²) in [4.78, 5) is 29.6. The van der Waals surface area contributed by atoms with Crippen molar-refractivity contribution in [2.45, 2.75) is 24.3 Å². The van der Waals surface area contributed by atoms with Crippen LogP contribution >= 0.6 is 23.4 Å². The predicted octanol–water partition coefficient (Wildman–Crippen LogP) is 2.72. The molecule has 0 aliphatic heterocycles. The first-order valence-electron chi connectivity index (χ1n) is 6.39. The van der Waals surface area contributed by atoms with Gasteiger partial charge in [0, 0.05) is 23.3 Å². The zero-order valence-corrected chi connectivity index (χ0v) is 13.3. The van der Waals surface area contributed by atoms with E-state index in [0.717, 1.165) is 5.56 Å². The van der Waals surface area contributed by atoms with Gasteiger partial charge in [0.2, 0.25) is 0 Å². The van der Waals surface area contributed by atoms with Gasteiger partial charge in [-0.05, 0) is 30.7 Å². The van der Waals surface area contributed by atoms with Crippen LogP contribution in [0.1, 0.15) is 23.7 Å². The van der Waals surface area contributed by atoms with Gasteiger partial charge in [0.1, 0.15) is 5.78 Å². The molecule has 0 unspecified atom stereocenters. The maximum absolute atomic E-state index is 11.6. The summed E-state index contributed by atoms with van der Waals surface area (Å²) in [6, 6.07) is 8.38. The highest BCUT2D eigenvalue weighted by Gasteiger charge is 2.07. The fourth-order valence-corrected chi connectivity index (χ4v) is 2.95. The zero-order valence-electron chi connectivity index (χ0n) is 11.7. The number of hydrogen-bond donors (Lipinski definition) is 1. The quantitative estimate of drug-likeness (QED) is 0.671. The van der Waals surface area contributed by atoms with Gasteiger partial charge < -0.3 is 4.98 Å². The van der Waals surface area contributed by atoms with Gasteiger partial charge in [-0.3, -0.25) is 9.59 Å². The Hall–Kier alpha value is -2.10. The second-order valence-corrected chi connectivity index (χ2v) is 6.00. The third-order valence-electron chi connectivity index (χ3n) is 2.74. The zero-order chi connectivity index (χ0) is 16.1. The summed E-state index contributed by atoms with van der Waals surface area (Å²) in [6.45, 7) is 1.45. The highest BCUT2D eigenvalue weighted by atomic mass is 35.5. The van der Waals surface area contributed by atoms with Crippen LogP contribution in [0.3, 0.4) is 0 Å². The van der Waals surface area contributed by atoms with Crippen molar-refractivity contribution in [2.24, 2.45) is 0 Å². The summed E-state index contributed by atoms with van der Waals surface area (Å²) in [5.41, 5.74) is 1.44. The van der Waals surface area contributed by atoms with Gasteiger partial charge in [-0.15, -0.1) is 0 Å². The second kappa shape index (κ2) is 7.25. The molecule has 0 spiro atoms. The number of hydrogen-bond acceptors (Lipinski definition) is 5. The molecule has 7 heteroatoms. The fourth-order valence-electron chi connectivity index (χ4n) is 1.80. The van der Waals surface area contributed by atoms with Crippen LogP contribution < -0.4 is 5.56 Å². The first-order valence-corrected chi connectivity index (χ1v) is 7.75. The summed E-state index contributed by atoms with van der Waals surface area (Å²) >= 11 is 7.38. The summed E-state index contributed by atoms with van der Waals surface area (Å²) in [7, 11) is 0. The molecule has 0 amide bonds. The molecule has 0 aliphatic rings. The molecule has 2 aromatic rings. The molecule has 0 saturated heterocycles. The Kier molecular flexibility index (Phi) is 5.36. The van der Waals surface area contributed by atoms with E-state index in [1.807, 2.05) is 0 Å². The van der Waals surface area contributed by atoms with Crippen molar-refractivity contribution >= 4 is 29.1 Å². The molecule has 0 bridgehead atoms. The molecule has 2 rings (SSSR count). The van der Waals surface area contributed by atoms with E-state index < -0.39 is 0 Å². The van der Waals surface area contributed by atoms with Gasteiger partial charge in [0.05, 0.1) is 17.3 Å². The summed E-state index contributed by atoms with van der Waals surface area (Å²) in [5.74, 6) is 0.402. The molecule has 0 atom stereocenters. The molecule has 22 heavy (non-hydrogen) atoms. The molecule has 1 aromatic carbocycles. The molecular formula is C15H12ClN3O2S. The first-order chi connectivity index (χ1) is 10.5. The Bertz CT molecular complexity index is 811. The van der Waals surface area contributed by atoms with Crippen molar-refractivity contribution in [3.8, 4) is 6.07 Å². The van der Waals surface area contributed by atoms with Gasteiger partial charge in [-0.25, -0.2) is 4.98 Å². The molecule has 1 aromatic heterocycles. The lowest BCUT2D eigenvalue weighted by atomic mass is 10.1. The van der Waals surface area contributed by atoms with Crippen LogP contribution in [-0.2, 0) is 17.0 Å². The molecule has 1 heterocycles. The van der Waals surface area contributed by atoms with Crippen molar-refractivity contribution in [3.63, 3.8) is 0 Å². The lowest BCUT2D eigenvalue weighted by molar-refractivity contribution is -0.116. The van der Waals surface area contributed by atoms with E-state index in [0.29, 0.717) is 27.2 Å². The van der Waals surface area contributed by atoms with Crippen molar-refractivity contribution in [3.05, 3.63) is 56.5 Å². The van der Waals surface area contributed by atoms with Crippen molar-refractivity contribution in [1.82, 2.24) is 9.97 Å². The van der Waals surface area contributed by atoms with Gasteiger partial charge in [-0.1, -0.05) is 23.4 Å². The number of nitriles is 1. The minimum absolute atomic E-state index is 0.0567. The first kappa shape index (κ1) is 16.3. The monoisotopic (exact) mass is 333 g/mol. The number of ketones is 1. The van der Waals surface area contributed by atoms with Gasteiger partial charge in [0.15, 0.2) is 5.16 Å². The van der Waals surface area contributed by atoms with E-state index in [9.17, 15) is 9.59 Å². The van der Waals surface area contributed by atoms with E-state index >= 15 is 0 Å². The van der Waals surface area contributed by atoms with Crippen LogP contribution in [0.2, 0.25) is 5.02 Å². The van der Waals surface area contributed by atoms with Gasteiger partial charge >= 0.3 is 0 Å². The Balaban J connectivity index is 2.18. The molecule has 0 aliphatic carbocycles. The fraction of sp³-hybridized carbons (Fsp3) is 0.200. The number of thioether (sulfide) groups is 1. The lowest BCUT2D eigenvalue weighted by Crippen LogP contribution is -2.12. The normalized spacial score (nSPS) is 10.2. The Labute approximate surface area is 136 Å². The van der Waals surface area contributed by atoms with Crippen molar-refractivity contribution < 1.29 is 4.79 Å². The van der Waals surface area contributed by atoms with E-state index in [1.54, 1.807) is 18.2 Å². The van der Waals surface area contributed by atoms with Crippen LogP contribution in [0.4, 0.5) is 0 Å². The van der Waals surface area contributed by atoms with Crippen LogP contribution in [0.15, 0.2) is 34.2 Å². The number of aromatic amines is 1. The SMILES string of the molecule is CC(=O)Cc1cc(=O)[nH]c(SCc2cc(C#N)ccc2Cl)n1. The number of Topliss-reactive ketones (excluding diaryl/α,β-unsaturated/α-hetero) is 1. The number of halogens is 1. The molecule has 1 N–H and O–H groups in total. The maximum Gasteiger partial charge on any atom is 0.251 e. The number of rotatable bonds is 5. The van der Waals surface area contributed by atoms with Crippen molar-refractivity contribution in [2.75, 3.05) is 0 Å².